The first kappa shape index (κ1) is 15.6. The van der Waals surface area contributed by atoms with Crippen LogP contribution < -0.4 is 5.73 Å². The Morgan fingerprint density at radius 3 is 1.75 bits per heavy atom. The van der Waals surface area contributed by atoms with Crippen LogP contribution in [-0.2, 0) is 9.31 Å². The minimum atomic E-state index is -0.403. The SMILES string of the molecule is Cc1cc(C)c([C@H](N)B2OC(C)(C)C(C)(C)O2)c(C)c1. The molecule has 4 heteroatoms. The van der Waals surface area contributed by atoms with Crippen molar-refractivity contribution in [3.8, 4) is 0 Å². The van der Waals surface area contributed by atoms with Gasteiger partial charge in [0.05, 0.1) is 17.1 Å². The van der Waals surface area contributed by atoms with Crippen molar-refractivity contribution >= 4 is 7.12 Å². The van der Waals surface area contributed by atoms with Gasteiger partial charge < -0.3 is 15.0 Å². The van der Waals surface area contributed by atoms with Crippen molar-refractivity contribution in [2.24, 2.45) is 5.73 Å². The van der Waals surface area contributed by atoms with Gasteiger partial charge in [0, 0.05) is 0 Å². The van der Waals surface area contributed by atoms with E-state index in [2.05, 4.69) is 60.6 Å². The highest BCUT2D eigenvalue weighted by Crippen LogP contribution is 2.40. The van der Waals surface area contributed by atoms with E-state index in [1.165, 1.54) is 16.7 Å². The summed E-state index contributed by atoms with van der Waals surface area (Å²) in [7, 11) is -0.403. The molecular formula is C16H26BNO2. The Hall–Kier alpha value is -0.835. The van der Waals surface area contributed by atoms with Crippen molar-refractivity contribution in [3.63, 3.8) is 0 Å². The molecule has 2 rings (SSSR count). The fourth-order valence-corrected chi connectivity index (χ4v) is 2.89. The number of benzene rings is 1. The van der Waals surface area contributed by atoms with E-state index in [-0.39, 0.29) is 17.1 Å². The van der Waals surface area contributed by atoms with Gasteiger partial charge in [-0.25, -0.2) is 0 Å². The molecule has 0 unspecified atom stereocenters. The molecule has 20 heavy (non-hydrogen) atoms. The summed E-state index contributed by atoms with van der Waals surface area (Å²) in [5.41, 5.74) is 10.5. The standard InChI is InChI=1S/C16H26BNO2/c1-10-8-11(2)13(12(3)9-10)14(18)17-19-15(4,5)16(6,7)20-17/h8-9,14H,18H2,1-7H3/t14-/m0/s1. The second kappa shape index (κ2) is 4.87. The zero-order valence-corrected chi connectivity index (χ0v) is 13.7. The van der Waals surface area contributed by atoms with E-state index < -0.39 is 7.12 Å². The molecule has 0 aromatic heterocycles. The highest BCUT2D eigenvalue weighted by atomic mass is 16.7. The molecule has 0 bridgehead atoms. The first-order chi connectivity index (χ1) is 9.05. The lowest BCUT2D eigenvalue weighted by Crippen LogP contribution is -2.41. The van der Waals surface area contributed by atoms with E-state index in [4.69, 9.17) is 15.0 Å². The lowest BCUT2D eigenvalue weighted by atomic mass is 9.72. The van der Waals surface area contributed by atoms with Gasteiger partial charge in [-0.1, -0.05) is 17.7 Å². The Bertz CT molecular complexity index is 486. The first-order valence-electron chi connectivity index (χ1n) is 7.24. The van der Waals surface area contributed by atoms with Crippen molar-refractivity contribution in [1.29, 1.82) is 0 Å². The number of hydrogen-bond acceptors (Lipinski definition) is 3. The first-order valence-corrected chi connectivity index (χ1v) is 7.24. The van der Waals surface area contributed by atoms with Crippen LogP contribution >= 0.6 is 0 Å². The zero-order valence-electron chi connectivity index (χ0n) is 13.7. The molecular weight excluding hydrogens is 249 g/mol. The molecule has 1 fully saturated rings. The summed E-state index contributed by atoms with van der Waals surface area (Å²) in [5.74, 6) is -0.267. The van der Waals surface area contributed by atoms with Gasteiger partial charge in [0.15, 0.2) is 0 Å². The Balaban J connectivity index is 2.33. The van der Waals surface area contributed by atoms with Gasteiger partial charge in [-0.05, 0) is 65.2 Å². The fraction of sp³-hybridized carbons (Fsp3) is 0.625. The van der Waals surface area contributed by atoms with Gasteiger partial charge >= 0.3 is 7.12 Å². The normalized spacial score (nSPS) is 22.1. The molecule has 0 spiro atoms. The van der Waals surface area contributed by atoms with Crippen LogP contribution in [0.25, 0.3) is 0 Å². The minimum absolute atomic E-state index is 0.267. The van der Waals surface area contributed by atoms with Crippen molar-refractivity contribution in [2.45, 2.75) is 65.6 Å². The minimum Gasteiger partial charge on any atom is -0.402 e. The molecule has 0 saturated carbocycles. The Morgan fingerprint density at radius 2 is 1.35 bits per heavy atom. The molecule has 3 nitrogen and oxygen atoms in total. The largest absolute Gasteiger partial charge is 0.480 e. The van der Waals surface area contributed by atoms with Gasteiger partial charge in [0.2, 0.25) is 0 Å². The predicted octanol–water partition coefficient (Wildman–Crippen LogP) is 3.24. The molecule has 1 atom stereocenters. The summed E-state index contributed by atoms with van der Waals surface area (Å²) in [4.78, 5) is 0. The van der Waals surface area contributed by atoms with E-state index in [1.807, 2.05) is 0 Å². The van der Waals surface area contributed by atoms with Gasteiger partial charge in [0.1, 0.15) is 0 Å². The summed E-state index contributed by atoms with van der Waals surface area (Å²) in [6.07, 6.45) is 0. The molecule has 0 radical (unpaired) electrons. The summed E-state index contributed by atoms with van der Waals surface area (Å²) in [6.45, 7) is 14.5. The van der Waals surface area contributed by atoms with Gasteiger partial charge in [-0.15, -0.1) is 0 Å². The van der Waals surface area contributed by atoms with E-state index in [0.717, 1.165) is 5.56 Å². The maximum Gasteiger partial charge on any atom is 0.480 e. The zero-order chi connectivity index (χ0) is 15.3. The molecule has 1 heterocycles. The van der Waals surface area contributed by atoms with Gasteiger partial charge in [-0.2, -0.15) is 0 Å². The van der Waals surface area contributed by atoms with Crippen LogP contribution in [0.3, 0.4) is 0 Å². The van der Waals surface area contributed by atoms with Crippen LogP contribution in [0.1, 0.15) is 55.9 Å². The van der Waals surface area contributed by atoms with Crippen LogP contribution in [0, 0.1) is 20.8 Å². The molecule has 2 N–H and O–H groups in total. The second-order valence-corrected chi connectivity index (χ2v) is 6.96. The second-order valence-electron chi connectivity index (χ2n) is 6.96. The third kappa shape index (κ3) is 2.52. The monoisotopic (exact) mass is 275 g/mol. The van der Waals surface area contributed by atoms with E-state index in [1.54, 1.807) is 0 Å². The van der Waals surface area contributed by atoms with Gasteiger partial charge in [0.25, 0.3) is 0 Å². The average Bonchev–Trinajstić information content (AvgIpc) is 2.46. The lowest BCUT2D eigenvalue weighted by Gasteiger charge is -2.32. The van der Waals surface area contributed by atoms with Crippen LogP contribution in [0.5, 0.6) is 0 Å². The molecule has 1 aliphatic heterocycles. The lowest BCUT2D eigenvalue weighted by molar-refractivity contribution is 0.00578. The quantitative estimate of drug-likeness (QED) is 0.843. The summed E-state index contributed by atoms with van der Waals surface area (Å²) < 4.78 is 12.1. The average molecular weight is 275 g/mol. The summed E-state index contributed by atoms with van der Waals surface area (Å²) >= 11 is 0. The Morgan fingerprint density at radius 1 is 0.950 bits per heavy atom. The molecule has 1 aromatic rings. The van der Waals surface area contributed by atoms with Crippen molar-refractivity contribution in [1.82, 2.24) is 0 Å². The highest BCUT2D eigenvalue weighted by molar-refractivity contribution is 6.47. The molecule has 0 aliphatic carbocycles. The van der Waals surface area contributed by atoms with Crippen molar-refractivity contribution < 1.29 is 9.31 Å². The van der Waals surface area contributed by atoms with Crippen LogP contribution in [-0.4, -0.2) is 18.3 Å². The number of aryl methyl sites for hydroxylation is 3. The number of nitrogens with two attached hydrogens (primary N) is 1. The maximum absolute atomic E-state index is 6.44. The van der Waals surface area contributed by atoms with Gasteiger partial charge in [-0.3, -0.25) is 0 Å². The fourth-order valence-electron chi connectivity index (χ4n) is 2.89. The Labute approximate surface area is 123 Å². The topological polar surface area (TPSA) is 44.5 Å². The molecule has 1 aromatic carbocycles. The van der Waals surface area contributed by atoms with Crippen LogP contribution in [0.15, 0.2) is 12.1 Å². The Kier molecular flexibility index (Phi) is 3.78. The number of hydrogen-bond donors (Lipinski definition) is 1. The van der Waals surface area contributed by atoms with E-state index in [0.29, 0.717) is 0 Å². The van der Waals surface area contributed by atoms with Crippen molar-refractivity contribution in [3.05, 3.63) is 34.4 Å². The molecule has 0 amide bonds. The molecule has 110 valence electrons. The van der Waals surface area contributed by atoms with E-state index >= 15 is 0 Å². The predicted molar refractivity (Wildman–Crippen MR) is 83.7 cm³/mol. The summed E-state index contributed by atoms with van der Waals surface area (Å²) in [5, 5.41) is 0. The van der Waals surface area contributed by atoms with E-state index in [9.17, 15) is 0 Å². The van der Waals surface area contributed by atoms with Crippen LogP contribution in [0.4, 0.5) is 0 Å². The summed E-state index contributed by atoms with van der Waals surface area (Å²) in [6, 6.07) is 4.32. The molecule has 1 aliphatic rings. The maximum atomic E-state index is 6.44. The molecule has 1 saturated heterocycles. The smallest absolute Gasteiger partial charge is 0.402 e. The third-order valence-electron chi connectivity index (χ3n) is 4.64. The van der Waals surface area contributed by atoms with Crippen molar-refractivity contribution in [2.75, 3.05) is 0 Å². The third-order valence-corrected chi connectivity index (χ3v) is 4.64. The highest BCUT2D eigenvalue weighted by Gasteiger charge is 2.53. The number of rotatable bonds is 2. The van der Waals surface area contributed by atoms with Crippen LogP contribution in [0.2, 0.25) is 0 Å².